The van der Waals surface area contributed by atoms with E-state index in [0.29, 0.717) is 6.42 Å². The van der Waals surface area contributed by atoms with Crippen LogP contribution in [0.4, 0.5) is 0 Å². The maximum absolute atomic E-state index is 11.0. The molecule has 0 fully saturated rings. The molecule has 0 saturated heterocycles. The maximum Gasteiger partial charge on any atom is 0.129 e. The largest absolute Gasteiger partial charge is 0.493 e. The predicted octanol–water partition coefficient (Wildman–Crippen LogP) is 4.31. The molecule has 0 spiro atoms. The van der Waals surface area contributed by atoms with E-state index in [9.17, 15) is 4.79 Å². The molecular formula is C17H26O2. The Bertz CT molecular complexity index is 447. The second-order valence-corrected chi connectivity index (χ2v) is 5.32. The van der Waals surface area contributed by atoms with Crippen LogP contribution in [0.15, 0.2) is 6.07 Å². The van der Waals surface area contributed by atoms with E-state index < -0.39 is 0 Å². The lowest BCUT2D eigenvalue weighted by molar-refractivity contribution is -0.117. The normalized spacial score (nSPS) is 10.6. The Morgan fingerprint density at radius 1 is 1.21 bits per heavy atom. The van der Waals surface area contributed by atoms with Gasteiger partial charge in [-0.3, -0.25) is 0 Å². The molecule has 0 aliphatic carbocycles. The van der Waals surface area contributed by atoms with Gasteiger partial charge >= 0.3 is 0 Å². The average molecular weight is 262 g/mol. The first-order valence-corrected chi connectivity index (χ1v) is 7.19. The Kier molecular flexibility index (Phi) is 6.07. The third kappa shape index (κ3) is 4.38. The zero-order valence-electron chi connectivity index (χ0n) is 12.9. The Hall–Kier alpha value is -1.31. The van der Waals surface area contributed by atoms with Crippen LogP contribution in [0.25, 0.3) is 0 Å². The number of hydrogen-bond acceptors (Lipinski definition) is 2. The van der Waals surface area contributed by atoms with E-state index in [-0.39, 0.29) is 5.78 Å². The second kappa shape index (κ2) is 7.32. The molecule has 1 rings (SSSR count). The van der Waals surface area contributed by atoms with E-state index in [2.05, 4.69) is 33.8 Å². The van der Waals surface area contributed by atoms with Crippen LogP contribution in [-0.4, -0.2) is 12.4 Å². The number of ketones is 1. The van der Waals surface area contributed by atoms with Gasteiger partial charge in [-0.2, -0.15) is 0 Å². The van der Waals surface area contributed by atoms with Gasteiger partial charge in [0.05, 0.1) is 6.61 Å². The molecule has 0 saturated carbocycles. The average Bonchev–Trinajstić information content (AvgIpc) is 2.36. The summed E-state index contributed by atoms with van der Waals surface area (Å²) in [5.74, 6) is 1.28. The molecule has 0 aliphatic heterocycles. The minimum Gasteiger partial charge on any atom is -0.493 e. The van der Waals surface area contributed by atoms with Crippen molar-refractivity contribution in [2.75, 3.05) is 6.61 Å². The fourth-order valence-corrected chi connectivity index (χ4v) is 2.36. The topological polar surface area (TPSA) is 26.3 Å². The fourth-order valence-electron chi connectivity index (χ4n) is 2.36. The summed E-state index contributed by atoms with van der Waals surface area (Å²) < 4.78 is 5.79. The fraction of sp³-hybridized carbons (Fsp3) is 0.588. The number of ether oxygens (including phenoxy) is 1. The third-order valence-corrected chi connectivity index (χ3v) is 3.63. The van der Waals surface area contributed by atoms with E-state index in [1.54, 1.807) is 6.92 Å². The highest BCUT2D eigenvalue weighted by atomic mass is 16.5. The summed E-state index contributed by atoms with van der Waals surface area (Å²) in [7, 11) is 0. The van der Waals surface area contributed by atoms with Gasteiger partial charge in [-0.05, 0) is 75.3 Å². The van der Waals surface area contributed by atoms with Gasteiger partial charge in [0.15, 0.2) is 0 Å². The van der Waals surface area contributed by atoms with Gasteiger partial charge in [-0.1, -0.05) is 6.92 Å². The van der Waals surface area contributed by atoms with Crippen LogP contribution in [0.2, 0.25) is 0 Å². The summed E-state index contributed by atoms with van der Waals surface area (Å²) in [6.45, 7) is 11.0. The minimum absolute atomic E-state index is 0.273. The van der Waals surface area contributed by atoms with Crippen LogP contribution in [0.5, 0.6) is 5.75 Å². The molecule has 19 heavy (non-hydrogen) atoms. The summed E-state index contributed by atoms with van der Waals surface area (Å²) in [6, 6.07) is 2.14. The third-order valence-electron chi connectivity index (χ3n) is 3.63. The molecule has 0 radical (unpaired) electrons. The highest BCUT2D eigenvalue weighted by Gasteiger charge is 2.11. The van der Waals surface area contributed by atoms with E-state index in [1.807, 2.05) is 0 Å². The smallest absolute Gasteiger partial charge is 0.129 e. The van der Waals surface area contributed by atoms with Gasteiger partial charge in [0.25, 0.3) is 0 Å². The molecule has 0 atom stereocenters. The lowest BCUT2D eigenvalue weighted by Crippen LogP contribution is -2.03. The van der Waals surface area contributed by atoms with Gasteiger partial charge in [0.2, 0.25) is 0 Å². The van der Waals surface area contributed by atoms with Crippen molar-refractivity contribution in [3.8, 4) is 5.75 Å². The van der Waals surface area contributed by atoms with Crippen molar-refractivity contribution in [3.05, 3.63) is 28.3 Å². The monoisotopic (exact) mass is 262 g/mol. The Balaban J connectivity index is 2.88. The standard InChI is InChI=1S/C17H26O2/c1-6-10-19-17-11-12(2)16(14(4)15(17)5)9-7-8-13(3)18/h11H,6-10H2,1-5H3. The number of benzene rings is 1. The van der Waals surface area contributed by atoms with Crippen molar-refractivity contribution in [1.82, 2.24) is 0 Å². The lowest BCUT2D eigenvalue weighted by atomic mass is 9.93. The molecule has 0 aromatic heterocycles. The van der Waals surface area contributed by atoms with Crippen LogP contribution in [-0.2, 0) is 11.2 Å². The van der Waals surface area contributed by atoms with Crippen LogP contribution < -0.4 is 4.74 Å². The first kappa shape index (κ1) is 15.7. The second-order valence-electron chi connectivity index (χ2n) is 5.32. The van der Waals surface area contributed by atoms with E-state index in [4.69, 9.17) is 4.74 Å². The van der Waals surface area contributed by atoms with Crippen LogP contribution in [0.1, 0.15) is 55.4 Å². The first-order valence-electron chi connectivity index (χ1n) is 7.19. The van der Waals surface area contributed by atoms with Gasteiger partial charge in [0.1, 0.15) is 11.5 Å². The van der Waals surface area contributed by atoms with Gasteiger partial charge in [-0.15, -0.1) is 0 Å². The van der Waals surface area contributed by atoms with Crippen molar-refractivity contribution >= 4 is 5.78 Å². The van der Waals surface area contributed by atoms with Gasteiger partial charge in [0, 0.05) is 6.42 Å². The lowest BCUT2D eigenvalue weighted by Gasteiger charge is -2.17. The number of carbonyl (C=O) groups is 1. The van der Waals surface area contributed by atoms with Crippen molar-refractivity contribution in [2.24, 2.45) is 0 Å². The minimum atomic E-state index is 0.273. The summed E-state index contributed by atoms with van der Waals surface area (Å²) in [5.41, 5.74) is 5.20. The van der Waals surface area contributed by atoms with Crippen molar-refractivity contribution in [2.45, 2.75) is 60.3 Å². The SMILES string of the molecule is CCCOc1cc(C)c(CCCC(C)=O)c(C)c1C. The van der Waals surface area contributed by atoms with Crippen molar-refractivity contribution in [3.63, 3.8) is 0 Å². The zero-order chi connectivity index (χ0) is 14.4. The first-order chi connectivity index (χ1) is 8.97. The molecule has 0 N–H and O–H groups in total. The predicted molar refractivity (Wildman–Crippen MR) is 80.1 cm³/mol. The molecule has 0 bridgehead atoms. The molecular weight excluding hydrogens is 236 g/mol. The Morgan fingerprint density at radius 3 is 2.47 bits per heavy atom. The highest BCUT2D eigenvalue weighted by Crippen LogP contribution is 2.28. The van der Waals surface area contributed by atoms with Crippen LogP contribution in [0, 0.1) is 20.8 Å². The number of rotatable bonds is 7. The molecule has 106 valence electrons. The van der Waals surface area contributed by atoms with Crippen LogP contribution >= 0.6 is 0 Å². The molecule has 1 aromatic carbocycles. The van der Waals surface area contributed by atoms with E-state index in [1.165, 1.54) is 22.3 Å². The molecule has 2 heteroatoms. The quantitative estimate of drug-likeness (QED) is 0.732. The number of carbonyl (C=O) groups excluding carboxylic acids is 1. The number of Topliss-reactive ketones (excluding diaryl/α,β-unsaturated/α-hetero) is 1. The number of hydrogen-bond donors (Lipinski definition) is 0. The van der Waals surface area contributed by atoms with Crippen molar-refractivity contribution in [1.29, 1.82) is 0 Å². The summed E-state index contributed by atoms with van der Waals surface area (Å²) >= 11 is 0. The molecule has 0 aliphatic rings. The van der Waals surface area contributed by atoms with E-state index in [0.717, 1.165) is 31.6 Å². The molecule has 1 aromatic rings. The van der Waals surface area contributed by atoms with Gasteiger partial charge < -0.3 is 9.53 Å². The molecule has 2 nitrogen and oxygen atoms in total. The Morgan fingerprint density at radius 2 is 1.89 bits per heavy atom. The number of aryl methyl sites for hydroxylation is 1. The maximum atomic E-state index is 11.0. The highest BCUT2D eigenvalue weighted by molar-refractivity contribution is 5.75. The molecule has 0 heterocycles. The molecule has 0 unspecified atom stereocenters. The van der Waals surface area contributed by atoms with Crippen molar-refractivity contribution < 1.29 is 9.53 Å². The van der Waals surface area contributed by atoms with E-state index >= 15 is 0 Å². The summed E-state index contributed by atoms with van der Waals surface area (Å²) in [4.78, 5) is 11.0. The Labute approximate surface area is 117 Å². The van der Waals surface area contributed by atoms with Gasteiger partial charge in [-0.25, -0.2) is 0 Å². The summed E-state index contributed by atoms with van der Waals surface area (Å²) in [5, 5.41) is 0. The van der Waals surface area contributed by atoms with Crippen LogP contribution in [0.3, 0.4) is 0 Å². The summed E-state index contributed by atoms with van der Waals surface area (Å²) in [6.07, 6.45) is 3.61. The zero-order valence-corrected chi connectivity index (χ0v) is 12.9. The molecule has 0 amide bonds.